The van der Waals surface area contributed by atoms with E-state index in [1.165, 1.54) is 6.92 Å². The number of nitrogens with zero attached hydrogens (tertiary/aromatic N) is 1. The lowest BCUT2D eigenvalue weighted by Crippen LogP contribution is -2.45. The van der Waals surface area contributed by atoms with E-state index < -0.39 is 6.04 Å². The number of nitrogens with one attached hydrogen (secondary N) is 3. The van der Waals surface area contributed by atoms with E-state index in [0.29, 0.717) is 29.4 Å². The van der Waals surface area contributed by atoms with Gasteiger partial charge < -0.3 is 20.7 Å². The number of rotatable bonds is 9. The molecule has 3 N–H and O–H groups in total. The second kappa shape index (κ2) is 11.0. The highest BCUT2D eigenvalue weighted by atomic mass is 16.5. The summed E-state index contributed by atoms with van der Waals surface area (Å²) in [6.07, 6.45) is 0. The van der Waals surface area contributed by atoms with Crippen molar-refractivity contribution in [1.82, 2.24) is 4.90 Å². The molecule has 0 spiro atoms. The van der Waals surface area contributed by atoms with E-state index in [1.807, 2.05) is 6.92 Å². The molecule has 2 aromatic carbocycles. The number of carbonyl (C=O) groups is 3. The zero-order chi connectivity index (χ0) is 22.1. The van der Waals surface area contributed by atoms with Crippen LogP contribution in [0, 0.1) is 0 Å². The van der Waals surface area contributed by atoms with Crippen molar-refractivity contribution in [3.63, 3.8) is 0 Å². The predicted octanol–water partition coefficient (Wildman–Crippen LogP) is 2.94. The van der Waals surface area contributed by atoms with Gasteiger partial charge in [-0.15, -0.1) is 0 Å². The predicted molar refractivity (Wildman–Crippen MR) is 118 cm³/mol. The van der Waals surface area contributed by atoms with Gasteiger partial charge >= 0.3 is 0 Å². The first-order chi connectivity index (χ1) is 14.3. The van der Waals surface area contributed by atoms with Gasteiger partial charge in [-0.2, -0.15) is 0 Å². The fraction of sp³-hybridized carbons (Fsp3) is 0.318. The van der Waals surface area contributed by atoms with E-state index in [-0.39, 0.29) is 24.3 Å². The second-order valence-corrected chi connectivity index (χ2v) is 6.77. The zero-order valence-electron chi connectivity index (χ0n) is 17.7. The van der Waals surface area contributed by atoms with E-state index in [9.17, 15) is 14.4 Å². The van der Waals surface area contributed by atoms with Crippen LogP contribution in [0.25, 0.3) is 0 Å². The lowest BCUT2D eigenvalue weighted by molar-refractivity contribution is -0.123. The molecule has 30 heavy (non-hydrogen) atoms. The third-order valence-electron chi connectivity index (χ3n) is 4.51. The largest absolute Gasteiger partial charge is 0.497 e. The summed E-state index contributed by atoms with van der Waals surface area (Å²) in [7, 11) is 1.56. The van der Waals surface area contributed by atoms with Crippen molar-refractivity contribution < 1.29 is 19.1 Å². The molecule has 160 valence electrons. The van der Waals surface area contributed by atoms with Gasteiger partial charge in [-0.05, 0) is 49.9 Å². The third-order valence-corrected chi connectivity index (χ3v) is 4.51. The van der Waals surface area contributed by atoms with Gasteiger partial charge in [-0.25, -0.2) is 0 Å². The first-order valence-electron chi connectivity index (χ1n) is 9.68. The van der Waals surface area contributed by atoms with E-state index in [4.69, 9.17) is 4.74 Å². The Kier molecular flexibility index (Phi) is 8.37. The Morgan fingerprint density at radius 1 is 0.967 bits per heavy atom. The summed E-state index contributed by atoms with van der Waals surface area (Å²) in [5.41, 5.74) is 1.89. The summed E-state index contributed by atoms with van der Waals surface area (Å²) in [4.78, 5) is 37.9. The van der Waals surface area contributed by atoms with Crippen molar-refractivity contribution in [3.8, 4) is 5.75 Å². The van der Waals surface area contributed by atoms with Gasteiger partial charge in [0.15, 0.2) is 0 Å². The van der Waals surface area contributed by atoms with Crippen LogP contribution in [0.4, 0.5) is 17.1 Å². The molecule has 0 saturated carbocycles. The number of benzene rings is 2. The highest BCUT2D eigenvalue weighted by molar-refractivity contribution is 5.96. The Balaban J connectivity index is 1.93. The molecule has 0 fully saturated rings. The number of carbonyl (C=O) groups excluding carboxylic acids is 3. The van der Waals surface area contributed by atoms with E-state index >= 15 is 0 Å². The third kappa shape index (κ3) is 6.89. The summed E-state index contributed by atoms with van der Waals surface area (Å²) in [6, 6.07) is 13.4. The Morgan fingerprint density at radius 2 is 1.60 bits per heavy atom. The summed E-state index contributed by atoms with van der Waals surface area (Å²) >= 11 is 0. The van der Waals surface area contributed by atoms with Crippen LogP contribution in [0.15, 0.2) is 48.5 Å². The molecule has 8 heteroatoms. The zero-order valence-corrected chi connectivity index (χ0v) is 17.7. The van der Waals surface area contributed by atoms with Crippen LogP contribution in [-0.2, 0) is 14.4 Å². The number of methoxy groups -OCH3 is 1. The molecule has 2 aromatic rings. The van der Waals surface area contributed by atoms with Gasteiger partial charge in [-0.1, -0.05) is 13.0 Å². The lowest BCUT2D eigenvalue weighted by atomic mass is 10.2. The topological polar surface area (TPSA) is 99.8 Å². The maximum atomic E-state index is 12.6. The SMILES string of the molecule is CCN(CC(=O)Nc1ccc(NC(C)=O)cc1)[C@@H](C)C(=O)Nc1cccc(OC)c1. The van der Waals surface area contributed by atoms with Crippen molar-refractivity contribution in [2.24, 2.45) is 0 Å². The number of likely N-dealkylation sites (N-methyl/N-ethyl adjacent to an activating group) is 1. The molecular formula is C22H28N4O4. The Labute approximate surface area is 176 Å². The fourth-order valence-corrected chi connectivity index (χ4v) is 2.86. The van der Waals surface area contributed by atoms with Crippen LogP contribution in [-0.4, -0.2) is 48.9 Å². The fourth-order valence-electron chi connectivity index (χ4n) is 2.86. The molecule has 0 aliphatic heterocycles. The van der Waals surface area contributed by atoms with Crippen molar-refractivity contribution >= 4 is 34.8 Å². The molecule has 3 amide bonds. The molecule has 2 rings (SSSR count). The summed E-state index contributed by atoms with van der Waals surface area (Å²) in [5, 5.41) is 8.32. The monoisotopic (exact) mass is 412 g/mol. The number of hydrogen-bond acceptors (Lipinski definition) is 5. The molecule has 0 saturated heterocycles. The Hall–Kier alpha value is -3.39. The normalized spacial score (nSPS) is 11.5. The van der Waals surface area contributed by atoms with Gasteiger partial charge in [0.25, 0.3) is 0 Å². The molecule has 1 atom stereocenters. The molecule has 0 radical (unpaired) electrons. The smallest absolute Gasteiger partial charge is 0.241 e. The minimum atomic E-state index is -0.505. The molecule has 0 aromatic heterocycles. The molecule has 0 unspecified atom stereocenters. The molecule has 0 aliphatic carbocycles. The average molecular weight is 412 g/mol. The van der Waals surface area contributed by atoms with E-state index in [1.54, 1.807) is 67.5 Å². The minimum Gasteiger partial charge on any atom is -0.497 e. The number of amides is 3. The number of hydrogen-bond donors (Lipinski definition) is 3. The maximum absolute atomic E-state index is 12.6. The van der Waals surface area contributed by atoms with Crippen LogP contribution in [0.2, 0.25) is 0 Å². The standard InChI is InChI=1S/C22H28N4O4/c1-5-26(15(2)22(29)25-19-7-6-8-20(13-19)30-4)14-21(28)24-18-11-9-17(10-12-18)23-16(3)27/h6-13,15H,5,14H2,1-4H3,(H,23,27)(H,24,28)(H,25,29)/t15-/m0/s1. The Morgan fingerprint density at radius 3 is 2.17 bits per heavy atom. The molecule has 0 aliphatic rings. The molecule has 0 bridgehead atoms. The van der Waals surface area contributed by atoms with Crippen molar-refractivity contribution in [2.45, 2.75) is 26.8 Å². The van der Waals surface area contributed by atoms with E-state index in [2.05, 4.69) is 16.0 Å². The van der Waals surface area contributed by atoms with Crippen LogP contribution in [0.5, 0.6) is 5.75 Å². The Bertz CT molecular complexity index is 883. The van der Waals surface area contributed by atoms with Crippen LogP contribution < -0.4 is 20.7 Å². The van der Waals surface area contributed by atoms with E-state index in [0.717, 1.165) is 0 Å². The summed E-state index contributed by atoms with van der Waals surface area (Å²) in [5.74, 6) is 0.0472. The van der Waals surface area contributed by atoms with Gasteiger partial charge in [0.1, 0.15) is 5.75 Å². The van der Waals surface area contributed by atoms with Crippen LogP contribution in [0.3, 0.4) is 0 Å². The second-order valence-electron chi connectivity index (χ2n) is 6.77. The summed E-state index contributed by atoms with van der Waals surface area (Å²) < 4.78 is 5.17. The first-order valence-corrected chi connectivity index (χ1v) is 9.68. The summed E-state index contributed by atoms with van der Waals surface area (Å²) in [6.45, 7) is 5.68. The number of anilines is 3. The molecule has 8 nitrogen and oxygen atoms in total. The average Bonchev–Trinajstić information content (AvgIpc) is 2.72. The van der Waals surface area contributed by atoms with Gasteiger partial charge in [0.05, 0.1) is 19.7 Å². The quantitative estimate of drug-likeness (QED) is 0.588. The molecule has 0 heterocycles. The van der Waals surface area contributed by atoms with Crippen molar-refractivity contribution in [3.05, 3.63) is 48.5 Å². The minimum absolute atomic E-state index is 0.0661. The van der Waals surface area contributed by atoms with Crippen LogP contribution in [0.1, 0.15) is 20.8 Å². The highest BCUT2D eigenvalue weighted by Gasteiger charge is 2.22. The van der Waals surface area contributed by atoms with Gasteiger partial charge in [0.2, 0.25) is 17.7 Å². The highest BCUT2D eigenvalue weighted by Crippen LogP contribution is 2.17. The lowest BCUT2D eigenvalue weighted by Gasteiger charge is -2.26. The molecular weight excluding hydrogens is 384 g/mol. The van der Waals surface area contributed by atoms with Gasteiger partial charge in [0, 0.05) is 30.1 Å². The van der Waals surface area contributed by atoms with Crippen molar-refractivity contribution in [1.29, 1.82) is 0 Å². The first kappa shape index (κ1) is 22.9. The maximum Gasteiger partial charge on any atom is 0.241 e. The van der Waals surface area contributed by atoms with Crippen molar-refractivity contribution in [2.75, 3.05) is 36.1 Å². The number of ether oxygens (including phenoxy) is 1. The van der Waals surface area contributed by atoms with Gasteiger partial charge in [-0.3, -0.25) is 19.3 Å². The van der Waals surface area contributed by atoms with Crippen LogP contribution >= 0.6 is 0 Å².